The molecule has 0 radical (unpaired) electrons. The lowest BCUT2D eigenvalue weighted by molar-refractivity contribution is -0.273. The van der Waals surface area contributed by atoms with E-state index in [4.69, 9.17) is 14.2 Å². The second-order valence-electron chi connectivity index (χ2n) is 15.2. The van der Waals surface area contributed by atoms with Crippen LogP contribution in [0.15, 0.2) is 0 Å². The second kappa shape index (κ2) is 8.97. The van der Waals surface area contributed by atoms with E-state index in [1.165, 1.54) is 44.9 Å². The molecule has 4 aliphatic carbocycles. The lowest BCUT2D eigenvalue weighted by Gasteiger charge is -2.61. The van der Waals surface area contributed by atoms with Crippen molar-refractivity contribution in [3.8, 4) is 0 Å². The van der Waals surface area contributed by atoms with Crippen molar-refractivity contribution in [1.29, 1.82) is 0 Å². The number of carbonyl (C=O) groups excluding carboxylic acids is 1. The fraction of sp³-hybridized carbons (Fsp3) is 0.969. The van der Waals surface area contributed by atoms with Crippen molar-refractivity contribution >= 4 is 5.97 Å². The summed E-state index contributed by atoms with van der Waals surface area (Å²) < 4.78 is 19.4. The van der Waals surface area contributed by atoms with Crippen LogP contribution in [0.1, 0.15) is 112 Å². The Morgan fingerprint density at radius 1 is 0.944 bits per heavy atom. The topological polar surface area (TPSA) is 44.8 Å². The molecule has 12 atom stereocenters. The number of hydrogen-bond donors (Lipinski definition) is 0. The molecule has 6 aliphatic rings. The summed E-state index contributed by atoms with van der Waals surface area (Å²) in [6, 6.07) is 0. The van der Waals surface area contributed by atoms with Crippen molar-refractivity contribution < 1.29 is 19.0 Å². The van der Waals surface area contributed by atoms with Crippen molar-refractivity contribution in [3.05, 3.63) is 0 Å². The lowest BCUT2D eigenvalue weighted by atomic mass is 9.44. The average Bonchev–Trinajstić information content (AvgIpc) is 3.26. The molecule has 0 unspecified atom stereocenters. The van der Waals surface area contributed by atoms with Gasteiger partial charge in [-0.2, -0.15) is 0 Å². The van der Waals surface area contributed by atoms with E-state index < -0.39 is 0 Å². The van der Waals surface area contributed by atoms with Gasteiger partial charge >= 0.3 is 5.97 Å². The predicted octanol–water partition coefficient (Wildman–Crippen LogP) is 7.39. The van der Waals surface area contributed by atoms with Crippen molar-refractivity contribution in [3.63, 3.8) is 0 Å². The first-order valence-electron chi connectivity index (χ1n) is 15.6. The molecule has 204 valence electrons. The van der Waals surface area contributed by atoms with Crippen LogP contribution in [0.25, 0.3) is 0 Å². The van der Waals surface area contributed by atoms with Gasteiger partial charge in [-0.3, -0.25) is 4.79 Å². The van der Waals surface area contributed by atoms with E-state index in [0.717, 1.165) is 43.6 Å². The van der Waals surface area contributed by atoms with Gasteiger partial charge in [0.15, 0.2) is 5.79 Å². The highest BCUT2D eigenvalue weighted by Crippen LogP contribution is 2.71. The number of ether oxygens (including phenoxy) is 3. The van der Waals surface area contributed by atoms with Gasteiger partial charge in [-0.25, -0.2) is 0 Å². The Morgan fingerprint density at radius 2 is 1.72 bits per heavy atom. The van der Waals surface area contributed by atoms with Crippen molar-refractivity contribution in [2.24, 2.45) is 58.2 Å². The first-order chi connectivity index (χ1) is 17.1. The Labute approximate surface area is 220 Å². The van der Waals surface area contributed by atoms with Crippen LogP contribution in [0.3, 0.4) is 0 Å². The van der Waals surface area contributed by atoms with Crippen LogP contribution in [0.4, 0.5) is 0 Å². The molecule has 0 N–H and O–H groups in total. The summed E-state index contributed by atoms with van der Waals surface area (Å²) in [5, 5.41) is 0. The smallest absolute Gasteiger partial charge is 0.306 e. The van der Waals surface area contributed by atoms with Crippen molar-refractivity contribution in [1.82, 2.24) is 0 Å². The van der Waals surface area contributed by atoms with Gasteiger partial charge < -0.3 is 14.2 Å². The second-order valence-corrected chi connectivity index (χ2v) is 15.2. The van der Waals surface area contributed by atoms with E-state index in [1.54, 1.807) is 0 Å². The minimum Gasteiger partial charge on any atom is -0.462 e. The predicted molar refractivity (Wildman–Crippen MR) is 141 cm³/mol. The number of rotatable bonds is 3. The molecule has 0 bridgehead atoms. The molecular formula is C32H52O4. The fourth-order valence-electron chi connectivity index (χ4n) is 10.9. The summed E-state index contributed by atoms with van der Waals surface area (Å²) >= 11 is 0. The van der Waals surface area contributed by atoms with Crippen molar-refractivity contribution in [2.75, 3.05) is 6.61 Å². The van der Waals surface area contributed by atoms with E-state index in [2.05, 4.69) is 41.5 Å². The molecule has 6 fully saturated rings. The molecule has 4 saturated carbocycles. The molecular weight excluding hydrogens is 448 g/mol. The van der Waals surface area contributed by atoms with Gasteiger partial charge in [0.25, 0.3) is 0 Å². The van der Waals surface area contributed by atoms with E-state index in [9.17, 15) is 4.79 Å². The van der Waals surface area contributed by atoms with Gasteiger partial charge in [-0.05, 0) is 110 Å². The Kier molecular flexibility index (Phi) is 6.39. The molecule has 36 heavy (non-hydrogen) atoms. The first-order valence-corrected chi connectivity index (χ1v) is 15.6. The van der Waals surface area contributed by atoms with E-state index in [0.29, 0.717) is 52.9 Å². The molecule has 4 nitrogen and oxygen atoms in total. The Balaban J connectivity index is 1.15. The maximum absolute atomic E-state index is 12.4. The minimum absolute atomic E-state index is 0.0153. The number of fused-ring (bicyclic) bond motifs is 7. The standard InChI is InChI=1S/C32H52O4/c1-19(2)15-28(33)35-23-10-12-30(5)22(16-23)7-8-24-25(30)11-13-31(6)26(24)17-27-29(31)21(4)32(36-27)14-9-20(3)18-34-32/h19-27,29H,7-18H2,1-6H3/t20-,21+,22+,23+,24-,25+,26-,27+,29+,30+,31+,32-/m1/s1. The molecule has 0 amide bonds. The zero-order valence-corrected chi connectivity index (χ0v) is 23.9. The maximum atomic E-state index is 12.4. The fourth-order valence-corrected chi connectivity index (χ4v) is 10.9. The van der Waals surface area contributed by atoms with Gasteiger partial charge in [-0.1, -0.05) is 41.5 Å². The van der Waals surface area contributed by atoms with E-state index >= 15 is 0 Å². The lowest BCUT2D eigenvalue weighted by Crippen LogP contribution is -2.55. The highest BCUT2D eigenvalue weighted by molar-refractivity contribution is 5.69. The number of carbonyl (C=O) groups is 1. The summed E-state index contributed by atoms with van der Waals surface area (Å²) in [5.41, 5.74) is 0.813. The van der Waals surface area contributed by atoms with Crippen LogP contribution in [0.2, 0.25) is 0 Å². The van der Waals surface area contributed by atoms with E-state index in [1.807, 2.05) is 0 Å². The summed E-state index contributed by atoms with van der Waals surface area (Å²) in [4.78, 5) is 12.4. The molecule has 2 heterocycles. The third-order valence-electron chi connectivity index (χ3n) is 12.8. The Hall–Kier alpha value is -0.610. The molecule has 0 aromatic carbocycles. The van der Waals surface area contributed by atoms with Gasteiger partial charge in [0.1, 0.15) is 6.10 Å². The summed E-state index contributed by atoms with van der Waals surface area (Å²) in [6.07, 6.45) is 13.5. The molecule has 0 aromatic heterocycles. The summed E-state index contributed by atoms with van der Waals surface area (Å²) in [5.74, 6) is 5.09. The van der Waals surface area contributed by atoms with E-state index in [-0.39, 0.29) is 17.9 Å². The zero-order chi connectivity index (χ0) is 25.5. The van der Waals surface area contributed by atoms with Crippen LogP contribution >= 0.6 is 0 Å². The highest BCUT2D eigenvalue weighted by Gasteiger charge is 2.69. The van der Waals surface area contributed by atoms with Crippen LogP contribution in [-0.4, -0.2) is 30.6 Å². The van der Waals surface area contributed by atoms with Crippen molar-refractivity contribution in [2.45, 2.75) is 130 Å². The van der Waals surface area contributed by atoms with Gasteiger partial charge in [-0.15, -0.1) is 0 Å². The Bertz CT molecular complexity index is 845. The average molecular weight is 501 g/mol. The number of esters is 1. The molecule has 2 aliphatic heterocycles. The number of hydrogen-bond acceptors (Lipinski definition) is 4. The minimum atomic E-state index is -0.304. The molecule has 1 spiro atoms. The maximum Gasteiger partial charge on any atom is 0.306 e. The third kappa shape index (κ3) is 3.85. The molecule has 4 heteroatoms. The monoisotopic (exact) mass is 500 g/mol. The zero-order valence-electron chi connectivity index (χ0n) is 23.9. The summed E-state index contributed by atoms with van der Waals surface area (Å²) in [7, 11) is 0. The Morgan fingerprint density at radius 3 is 2.44 bits per heavy atom. The van der Waals surface area contributed by atoms with Crippen LogP contribution in [-0.2, 0) is 19.0 Å². The first kappa shape index (κ1) is 25.7. The highest BCUT2D eigenvalue weighted by atomic mass is 16.7. The molecule has 6 rings (SSSR count). The van der Waals surface area contributed by atoms with Crippen LogP contribution in [0.5, 0.6) is 0 Å². The quantitative estimate of drug-likeness (QED) is 0.379. The van der Waals surface area contributed by atoms with Gasteiger partial charge in [0, 0.05) is 18.8 Å². The summed E-state index contributed by atoms with van der Waals surface area (Å²) in [6.45, 7) is 15.1. The van der Waals surface area contributed by atoms with Gasteiger partial charge in [0.05, 0.1) is 12.7 Å². The normalized spacial score (nSPS) is 54.0. The van der Waals surface area contributed by atoms with Crippen LogP contribution in [0, 0.1) is 58.2 Å². The molecule has 2 saturated heterocycles. The van der Waals surface area contributed by atoms with Gasteiger partial charge in [0.2, 0.25) is 0 Å². The van der Waals surface area contributed by atoms with Crippen LogP contribution < -0.4 is 0 Å². The third-order valence-corrected chi connectivity index (χ3v) is 12.8. The largest absolute Gasteiger partial charge is 0.462 e. The SMILES string of the molecule is CC(C)CC(=O)O[C@H]1CC[C@@]2(C)[C@@H](CC[C@H]3[C@H]4C[C@@H]5O[C@]6(CC[C@@H](C)CO6)[C@@H](C)[C@@H]5[C@@]4(C)CC[C@@H]32)C1. The molecule has 0 aromatic rings.